The Morgan fingerprint density at radius 1 is 1.12 bits per heavy atom. The van der Waals surface area contributed by atoms with Gasteiger partial charge in [0, 0.05) is 0 Å². The highest BCUT2D eigenvalue weighted by atomic mass is 19.4. The van der Waals surface area contributed by atoms with Gasteiger partial charge in [0.15, 0.2) is 0 Å². The molecule has 0 fully saturated rings. The van der Waals surface area contributed by atoms with Gasteiger partial charge in [-0.3, -0.25) is 0 Å². The molecule has 88 valence electrons. The van der Waals surface area contributed by atoms with E-state index in [-0.39, 0.29) is 5.92 Å². The van der Waals surface area contributed by atoms with Crippen LogP contribution in [0.15, 0.2) is 35.9 Å². The summed E-state index contributed by atoms with van der Waals surface area (Å²) in [6.45, 7) is 5.91. The number of halogens is 3. The molecular weight excluding hydrogens is 213 g/mol. The first-order valence-electron chi connectivity index (χ1n) is 5.13. The Kier molecular flexibility index (Phi) is 3.79. The van der Waals surface area contributed by atoms with E-state index in [0.29, 0.717) is 0 Å². The largest absolute Gasteiger partial charge is 0.416 e. The minimum Gasteiger partial charge on any atom is -0.166 e. The van der Waals surface area contributed by atoms with Crippen molar-refractivity contribution in [3.8, 4) is 0 Å². The van der Waals surface area contributed by atoms with Gasteiger partial charge in [-0.2, -0.15) is 13.2 Å². The Labute approximate surface area is 93.8 Å². The fourth-order valence-corrected chi connectivity index (χ4v) is 1.57. The molecule has 0 aliphatic carbocycles. The summed E-state index contributed by atoms with van der Waals surface area (Å²) in [5.41, 5.74) is 1.46. The van der Waals surface area contributed by atoms with E-state index in [1.165, 1.54) is 12.1 Å². The topological polar surface area (TPSA) is 0 Å². The highest BCUT2D eigenvalue weighted by Crippen LogP contribution is 2.30. The molecule has 1 rings (SSSR count). The molecule has 0 bridgehead atoms. The first-order chi connectivity index (χ1) is 7.30. The Bertz CT molecular complexity index is 367. The molecule has 1 atom stereocenters. The van der Waals surface area contributed by atoms with Gasteiger partial charge >= 0.3 is 6.18 Å². The van der Waals surface area contributed by atoms with Crippen LogP contribution < -0.4 is 0 Å². The molecule has 0 radical (unpaired) electrons. The van der Waals surface area contributed by atoms with Crippen LogP contribution in [-0.2, 0) is 6.18 Å². The minimum absolute atomic E-state index is 0.146. The van der Waals surface area contributed by atoms with Gasteiger partial charge in [-0.05, 0) is 37.5 Å². The second-order valence-corrected chi connectivity index (χ2v) is 4.15. The van der Waals surface area contributed by atoms with Gasteiger partial charge in [0.25, 0.3) is 0 Å². The van der Waals surface area contributed by atoms with Crippen LogP contribution in [0.4, 0.5) is 13.2 Å². The van der Waals surface area contributed by atoms with E-state index in [1.54, 1.807) is 0 Å². The van der Waals surface area contributed by atoms with Crippen LogP contribution in [0.1, 0.15) is 37.8 Å². The number of allylic oxidation sites excluding steroid dienone is 2. The number of hydrogen-bond acceptors (Lipinski definition) is 0. The molecule has 0 aliphatic heterocycles. The zero-order chi connectivity index (χ0) is 12.3. The van der Waals surface area contributed by atoms with Gasteiger partial charge in [-0.25, -0.2) is 0 Å². The number of hydrogen-bond donors (Lipinski definition) is 0. The zero-order valence-electron chi connectivity index (χ0n) is 9.60. The average Bonchev–Trinajstić information content (AvgIpc) is 2.15. The summed E-state index contributed by atoms with van der Waals surface area (Å²) in [6, 6.07) is 5.33. The Balaban J connectivity index is 2.91. The van der Waals surface area contributed by atoms with Crippen LogP contribution in [0.5, 0.6) is 0 Å². The van der Waals surface area contributed by atoms with Crippen molar-refractivity contribution >= 4 is 0 Å². The monoisotopic (exact) mass is 228 g/mol. The fraction of sp³-hybridized carbons (Fsp3) is 0.385. The summed E-state index contributed by atoms with van der Waals surface area (Å²) in [5.74, 6) is 0.146. The Morgan fingerprint density at radius 2 is 1.62 bits per heavy atom. The molecule has 0 amide bonds. The van der Waals surface area contributed by atoms with Crippen LogP contribution in [0.25, 0.3) is 0 Å². The van der Waals surface area contributed by atoms with Crippen LogP contribution >= 0.6 is 0 Å². The summed E-state index contributed by atoms with van der Waals surface area (Å²) in [7, 11) is 0. The first-order valence-corrected chi connectivity index (χ1v) is 5.13. The molecule has 3 heteroatoms. The summed E-state index contributed by atoms with van der Waals surface area (Å²) < 4.78 is 37.0. The van der Waals surface area contributed by atoms with Crippen molar-refractivity contribution in [2.75, 3.05) is 0 Å². The summed E-state index contributed by atoms with van der Waals surface area (Å²) >= 11 is 0. The lowest BCUT2D eigenvalue weighted by atomic mass is 9.98. The summed E-state index contributed by atoms with van der Waals surface area (Å²) in [6.07, 6.45) is -2.22. The Morgan fingerprint density at radius 3 is 2.00 bits per heavy atom. The molecule has 0 aliphatic rings. The molecule has 0 nitrogen and oxygen atoms in total. The lowest BCUT2D eigenvalue weighted by molar-refractivity contribution is -0.137. The van der Waals surface area contributed by atoms with Crippen molar-refractivity contribution in [1.29, 1.82) is 0 Å². The predicted octanol–water partition coefficient (Wildman–Crippen LogP) is 4.78. The number of rotatable bonds is 2. The van der Waals surface area contributed by atoms with E-state index >= 15 is 0 Å². The lowest BCUT2D eigenvalue weighted by Crippen LogP contribution is -2.04. The molecule has 0 N–H and O–H groups in total. The SMILES string of the molecule is CC(C)=CC(C)c1ccc(C(F)(F)F)cc1. The molecule has 0 spiro atoms. The van der Waals surface area contributed by atoms with Gasteiger partial charge in [0.05, 0.1) is 5.56 Å². The quantitative estimate of drug-likeness (QED) is 0.639. The van der Waals surface area contributed by atoms with E-state index in [2.05, 4.69) is 0 Å². The fourth-order valence-electron chi connectivity index (χ4n) is 1.57. The van der Waals surface area contributed by atoms with Crippen LogP contribution in [0.3, 0.4) is 0 Å². The second-order valence-electron chi connectivity index (χ2n) is 4.15. The Hall–Kier alpha value is -1.25. The third-order valence-electron chi connectivity index (χ3n) is 2.35. The highest BCUT2D eigenvalue weighted by Gasteiger charge is 2.29. The van der Waals surface area contributed by atoms with Crippen molar-refractivity contribution in [3.05, 3.63) is 47.0 Å². The van der Waals surface area contributed by atoms with Gasteiger partial charge in [0.2, 0.25) is 0 Å². The van der Waals surface area contributed by atoms with Crippen molar-refractivity contribution < 1.29 is 13.2 Å². The minimum atomic E-state index is -4.25. The van der Waals surface area contributed by atoms with Crippen molar-refractivity contribution in [3.63, 3.8) is 0 Å². The van der Waals surface area contributed by atoms with E-state index in [4.69, 9.17) is 0 Å². The van der Waals surface area contributed by atoms with Crippen LogP contribution in [-0.4, -0.2) is 0 Å². The maximum Gasteiger partial charge on any atom is 0.416 e. The molecule has 0 saturated heterocycles. The molecule has 0 heterocycles. The molecule has 0 aromatic heterocycles. The van der Waals surface area contributed by atoms with Gasteiger partial charge in [-0.1, -0.05) is 30.7 Å². The first kappa shape index (κ1) is 12.8. The smallest absolute Gasteiger partial charge is 0.166 e. The van der Waals surface area contributed by atoms with Crippen molar-refractivity contribution in [2.45, 2.75) is 32.9 Å². The maximum absolute atomic E-state index is 12.3. The number of benzene rings is 1. The van der Waals surface area contributed by atoms with E-state index < -0.39 is 11.7 Å². The third-order valence-corrected chi connectivity index (χ3v) is 2.35. The standard InChI is InChI=1S/C13H15F3/c1-9(2)8-10(3)11-4-6-12(7-5-11)13(14,15)16/h4-8,10H,1-3H3. The van der Waals surface area contributed by atoms with Crippen LogP contribution in [0.2, 0.25) is 0 Å². The maximum atomic E-state index is 12.3. The second kappa shape index (κ2) is 4.73. The predicted molar refractivity (Wildman–Crippen MR) is 59.3 cm³/mol. The summed E-state index contributed by atoms with van der Waals surface area (Å²) in [4.78, 5) is 0. The van der Waals surface area contributed by atoms with E-state index in [0.717, 1.165) is 23.3 Å². The third kappa shape index (κ3) is 3.40. The highest BCUT2D eigenvalue weighted by molar-refractivity contribution is 5.29. The zero-order valence-corrected chi connectivity index (χ0v) is 9.60. The average molecular weight is 228 g/mol. The van der Waals surface area contributed by atoms with Crippen molar-refractivity contribution in [1.82, 2.24) is 0 Å². The number of alkyl halides is 3. The van der Waals surface area contributed by atoms with Gasteiger partial charge in [0.1, 0.15) is 0 Å². The molecule has 1 aromatic carbocycles. The van der Waals surface area contributed by atoms with Gasteiger partial charge in [-0.15, -0.1) is 0 Å². The van der Waals surface area contributed by atoms with Gasteiger partial charge < -0.3 is 0 Å². The van der Waals surface area contributed by atoms with E-state index in [1.807, 2.05) is 26.8 Å². The molecule has 16 heavy (non-hydrogen) atoms. The van der Waals surface area contributed by atoms with Crippen molar-refractivity contribution in [2.24, 2.45) is 0 Å². The lowest BCUT2D eigenvalue weighted by Gasteiger charge is -2.10. The van der Waals surface area contributed by atoms with E-state index in [9.17, 15) is 13.2 Å². The molecule has 0 saturated carbocycles. The molecule has 1 aromatic rings. The molecule has 1 unspecified atom stereocenters. The molecular formula is C13H15F3. The normalized spacial score (nSPS) is 13.4. The summed E-state index contributed by atoms with van der Waals surface area (Å²) in [5, 5.41) is 0. The van der Waals surface area contributed by atoms with Crippen LogP contribution in [0, 0.1) is 0 Å².